The maximum Gasteiger partial charge on any atom is 0.410 e. The summed E-state index contributed by atoms with van der Waals surface area (Å²) in [5.41, 5.74) is 1.89. The van der Waals surface area contributed by atoms with Gasteiger partial charge < -0.3 is 34.0 Å². The third-order valence-electron chi connectivity index (χ3n) is 10.8. The van der Waals surface area contributed by atoms with Crippen LogP contribution in [0.25, 0.3) is 6.08 Å². The van der Waals surface area contributed by atoms with Gasteiger partial charge in [0.05, 0.1) is 31.5 Å². The molecule has 4 heterocycles. The normalized spacial score (nSPS) is 28.8. The Balaban J connectivity index is 1.27. The minimum absolute atomic E-state index is 0.0565. The number of likely N-dealkylation sites (N-methyl/N-ethyl adjacent to an activating group) is 1. The molecule has 1 amide bonds. The summed E-state index contributed by atoms with van der Waals surface area (Å²) in [5.74, 6) is -1.35. The van der Waals surface area contributed by atoms with E-state index in [1.54, 1.807) is 11.0 Å². The van der Waals surface area contributed by atoms with E-state index >= 15 is 4.39 Å². The molecular weight excluding hydrogens is 706 g/mol. The molecule has 0 aliphatic carbocycles. The summed E-state index contributed by atoms with van der Waals surface area (Å²) in [6, 6.07) is 4.71. The SMILES string of the molecule is C/C(=C\c1cc(F)cc(N2CCN(S(=O)(=O)CCN3CCOCC3)CC2)c1)[C@H]1OC(=O)C[C@H](O)CC[C@H](C)[C@@H](OC(=O)N2CCN(C)CC2)/C=C/[C@@H]1C. The van der Waals surface area contributed by atoms with Gasteiger partial charge in [0.25, 0.3) is 0 Å². The van der Waals surface area contributed by atoms with E-state index in [1.807, 2.05) is 50.9 Å². The van der Waals surface area contributed by atoms with Gasteiger partial charge in [-0.15, -0.1) is 0 Å². The van der Waals surface area contributed by atoms with Gasteiger partial charge in [0.2, 0.25) is 10.0 Å². The van der Waals surface area contributed by atoms with Crippen molar-refractivity contribution in [3.8, 4) is 0 Å². The number of piperazine rings is 2. The van der Waals surface area contributed by atoms with Gasteiger partial charge in [-0.2, -0.15) is 4.31 Å². The number of carbonyl (C=O) groups excluding carboxylic acids is 2. The number of morpholine rings is 1. The average Bonchev–Trinajstić information content (AvgIpc) is 3.13. The number of sulfonamides is 1. The Hall–Kier alpha value is -3.08. The summed E-state index contributed by atoms with van der Waals surface area (Å²) in [6.07, 6.45) is 3.73. The van der Waals surface area contributed by atoms with Gasteiger partial charge in [-0.05, 0) is 68.1 Å². The zero-order valence-corrected chi connectivity index (χ0v) is 32.5. The number of ether oxygens (including phenoxy) is 3. The van der Waals surface area contributed by atoms with Crippen LogP contribution >= 0.6 is 0 Å². The maximum atomic E-state index is 15.1. The van der Waals surface area contributed by atoms with E-state index in [0.717, 1.165) is 26.2 Å². The zero-order chi connectivity index (χ0) is 38.1. The van der Waals surface area contributed by atoms with Crippen LogP contribution < -0.4 is 4.90 Å². The van der Waals surface area contributed by atoms with E-state index < -0.39 is 40.1 Å². The standard InChI is InChI=1S/C38H58FN5O8S/c1-28-5-7-34(45)27-36(46)52-37(29(2)6-8-35(28)51-38(47)43-11-9-40(4)10-12-43)30(3)23-31-24-32(39)26-33(25-31)42-13-15-44(16-14-42)53(48,49)22-19-41-17-20-50-21-18-41/h6,8,23-26,28-29,34-35,37,45H,5,7,9-22,27H2,1-4H3/b8-6+,30-23+/t28-,29-,34+,35-,37-/m0/s1. The van der Waals surface area contributed by atoms with E-state index in [0.29, 0.717) is 88.7 Å². The van der Waals surface area contributed by atoms with Crippen molar-refractivity contribution in [3.05, 3.63) is 47.3 Å². The Labute approximate surface area is 314 Å². The number of benzene rings is 1. The minimum Gasteiger partial charge on any atom is -0.457 e. The summed E-state index contributed by atoms with van der Waals surface area (Å²) in [5, 5.41) is 10.7. The topological polar surface area (TPSA) is 132 Å². The van der Waals surface area contributed by atoms with E-state index in [2.05, 4.69) is 9.80 Å². The van der Waals surface area contributed by atoms with Crippen LogP contribution in [-0.4, -0.2) is 161 Å². The Kier molecular flexibility index (Phi) is 14.7. The second-order valence-corrected chi connectivity index (χ2v) is 17.1. The first-order valence-electron chi connectivity index (χ1n) is 19.0. The number of hydrogen-bond donors (Lipinski definition) is 1. The lowest BCUT2D eigenvalue weighted by molar-refractivity contribution is -0.151. The van der Waals surface area contributed by atoms with Crippen molar-refractivity contribution in [2.24, 2.45) is 11.8 Å². The van der Waals surface area contributed by atoms with Gasteiger partial charge in [-0.25, -0.2) is 17.6 Å². The predicted octanol–water partition coefficient (Wildman–Crippen LogP) is 3.05. The minimum atomic E-state index is -3.43. The molecule has 0 aromatic heterocycles. The second-order valence-electron chi connectivity index (χ2n) is 15.0. The molecule has 13 nitrogen and oxygen atoms in total. The fourth-order valence-electron chi connectivity index (χ4n) is 7.26. The summed E-state index contributed by atoms with van der Waals surface area (Å²) >= 11 is 0. The molecule has 0 unspecified atom stereocenters. The molecule has 0 radical (unpaired) electrons. The van der Waals surface area contributed by atoms with Crippen molar-refractivity contribution < 1.29 is 41.7 Å². The van der Waals surface area contributed by atoms with Crippen LogP contribution in [0.5, 0.6) is 0 Å². The number of aliphatic hydroxyl groups excluding tert-OH is 1. The number of cyclic esters (lactones) is 1. The molecule has 4 aliphatic heterocycles. The molecule has 1 aromatic carbocycles. The van der Waals surface area contributed by atoms with Crippen LogP contribution in [0.4, 0.5) is 14.9 Å². The number of halogens is 1. The Bertz CT molecular complexity index is 1550. The number of aliphatic hydroxyl groups is 1. The summed E-state index contributed by atoms with van der Waals surface area (Å²) in [4.78, 5) is 34.1. The molecule has 3 saturated heterocycles. The molecule has 4 aliphatic rings. The predicted molar refractivity (Wildman–Crippen MR) is 201 cm³/mol. The highest BCUT2D eigenvalue weighted by atomic mass is 32.2. The number of nitrogens with zero attached hydrogens (tertiary/aromatic N) is 5. The molecule has 1 aromatic rings. The maximum absolute atomic E-state index is 15.1. The molecule has 3 fully saturated rings. The zero-order valence-electron chi connectivity index (χ0n) is 31.7. The lowest BCUT2D eigenvalue weighted by Gasteiger charge is -2.36. The van der Waals surface area contributed by atoms with Crippen molar-refractivity contribution in [3.63, 3.8) is 0 Å². The third kappa shape index (κ3) is 12.0. The van der Waals surface area contributed by atoms with Crippen molar-refractivity contribution in [2.45, 2.75) is 58.3 Å². The van der Waals surface area contributed by atoms with Gasteiger partial charge in [-0.1, -0.05) is 26.0 Å². The molecular formula is C38H58FN5O8S. The highest BCUT2D eigenvalue weighted by Gasteiger charge is 2.31. The first-order valence-corrected chi connectivity index (χ1v) is 20.6. The Morgan fingerprint density at radius 2 is 1.68 bits per heavy atom. The van der Waals surface area contributed by atoms with Crippen LogP contribution in [0.15, 0.2) is 35.9 Å². The van der Waals surface area contributed by atoms with Crippen LogP contribution in [0.2, 0.25) is 0 Å². The number of esters is 1. The Morgan fingerprint density at radius 1 is 0.981 bits per heavy atom. The largest absolute Gasteiger partial charge is 0.457 e. The quantitative estimate of drug-likeness (QED) is 0.310. The highest BCUT2D eigenvalue weighted by Crippen LogP contribution is 2.28. The average molecular weight is 764 g/mol. The summed E-state index contributed by atoms with van der Waals surface area (Å²) in [7, 11) is -1.41. The van der Waals surface area contributed by atoms with Crippen molar-refractivity contribution in [2.75, 3.05) is 103 Å². The van der Waals surface area contributed by atoms with Crippen molar-refractivity contribution in [1.29, 1.82) is 0 Å². The van der Waals surface area contributed by atoms with E-state index in [1.165, 1.54) is 16.4 Å². The molecule has 0 bridgehead atoms. The Morgan fingerprint density at radius 3 is 2.38 bits per heavy atom. The van der Waals surface area contributed by atoms with Gasteiger partial charge >= 0.3 is 12.1 Å². The molecule has 53 heavy (non-hydrogen) atoms. The lowest BCUT2D eigenvalue weighted by Crippen LogP contribution is -2.50. The molecule has 5 rings (SSSR count). The third-order valence-corrected chi connectivity index (χ3v) is 12.6. The van der Waals surface area contributed by atoms with E-state index in [-0.39, 0.29) is 30.1 Å². The van der Waals surface area contributed by atoms with Crippen LogP contribution in [0, 0.1) is 17.7 Å². The number of carbonyl (C=O) groups is 2. The monoisotopic (exact) mass is 763 g/mol. The molecule has 0 saturated carbocycles. The molecule has 15 heteroatoms. The van der Waals surface area contributed by atoms with Gasteiger partial charge in [-0.3, -0.25) is 9.69 Å². The van der Waals surface area contributed by atoms with Gasteiger partial charge in [0.15, 0.2) is 0 Å². The van der Waals surface area contributed by atoms with Crippen LogP contribution in [0.3, 0.4) is 0 Å². The van der Waals surface area contributed by atoms with Crippen LogP contribution in [0.1, 0.15) is 45.6 Å². The van der Waals surface area contributed by atoms with Crippen LogP contribution in [-0.2, 0) is 29.0 Å². The number of hydrogen-bond acceptors (Lipinski definition) is 11. The number of anilines is 1. The summed E-state index contributed by atoms with van der Waals surface area (Å²) in [6.45, 7) is 13.1. The molecule has 5 atom stereocenters. The van der Waals surface area contributed by atoms with E-state index in [4.69, 9.17) is 14.2 Å². The fraction of sp³-hybridized carbons (Fsp3) is 0.684. The second kappa shape index (κ2) is 19.0. The lowest BCUT2D eigenvalue weighted by atomic mass is 9.91. The molecule has 0 spiro atoms. The van der Waals surface area contributed by atoms with Crippen molar-refractivity contribution >= 4 is 33.8 Å². The molecule has 1 N–H and O–H groups in total. The van der Waals surface area contributed by atoms with E-state index in [9.17, 15) is 23.1 Å². The van der Waals surface area contributed by atoms with Gasteiger partial charge in [0, 0.05) is 83.6 Å². The van der Waals surface area contributed by atoms with Gasteiger partial charge in [0.1, 0.15) is 18.0 Å². The number of rotatable bonds is 8. The van der Waals surface area contributed by atoms with Crippen molar-refractivity contribution in [1.82, 2.24) is 19.0 Å². The fourth-order valence-corrected chi connectivity index (χ4v) is 8.73. The highest BCUT2D eigenvalue weighted by molar-refractivity contribution is 7.89. The number of amides is 1. The summed E-state index contributed by atoms with van der Waals surface area (Å²) < 4.78 is 60.1. The molecule has 296 valence electrons. The first kappa shape index (κ1) is 41.1. The first-order chi connectivity index (χ1) is 25.3. The smallest absolute Gasteiger partial charge is 0.410 e.